The number of nitrogen functional groups attached to an aromatic ring is 1. The fraction of sp³-hybridized carbons (Fsp3) is 0.667. The number of imidazole rings is 1. The molecule has 7 N–H and O–H groups in total. The Morgan fingerprint density at radius 2 is 1.68 bits per heavy atom. The first kappa shape index (κ1) is 48.4. The summed E-state index contributed by atoms with van der Waals surface area (Å²) in [5.41, 5.74) is 4.02. The van der Waals surface area contributed by atoms with Crippen LogP contribution in [-0.2, 0) is 55.5 Å². The number of aliphatic hydroxyl groups excluding tert-OH is 2. The largest absolute Gasteiger partial charge is 0.790 e. The van der Waals surface area contributed by atoms with Gasteiger partial charge in [-0.3, -0.25) is 32.9 Å². The van der Waals surface area contributed by atoms with Gasteiger partial charge in [-0.15, -0.1) is 0 Å². The van der Waals surface area contributed by atoms with E-state index in [0.29, 0.717) is 12.8 Å². The number of nitrogens with two attached hydrogens (primary N) is 1. The van der Waals surface area contributed by atoms with Crippen LogP contribution in [0, 0.1) is 5.41 Å². The second-order valence-electron chi connectivity index (χ2n) is 12.8. The van der Waals surface area contributed by atoms with Gasteiger partial charge in [-0.2, -0.15) is 0 Å². The number of anilines is 1. The number of carbonyl (C=O) groups is 4. The number of aromatic nitrogens is 4. The zero-order valence-electron chi connectivity index (χ0n) is 30.1. The van der Waals surface area contributed by atoms with Crippen LogP contribution in [0.5, 0.6) is 0 Å². The quantitative estimate of drug-likeness (QED) is 0.0446. The lowest BCUT2D eigenvalue weighted by molar-refractivity contribution is -0.347. The summed E-state index contributed by atoms with van der Waals surface area (Å²) in [6, 6.07) is 0. The molecule has 0 bridgehead atoms. The van der Waals surface area contributed by atoms with Crippen LogP contribution in [0.25, 0.3) is 11.2 Å². The Morgan fingerprint density at radius 1 is 1.02 bits per heavy atom. The smallest absolute Gasteiger partial charge is 0.303 e. The predicted octanol–water partition coefficient (Wildman–Crippen LogP) is -3.22. The van der Waals surface area contributed by atoms with Crippen LogP contribution in [-0.4, -0.2) is 114 Å². The second kappa shape index (κ2) is 20.8. The molecule has 7 unspecified atom stereocenters. The van der Waals surface area contributed by atoms with Crippen LogP contribution in [0.4, 0.5) is 5.82 Å². The van der Waals surface area contributed by atoms with Gasteiger partial charge in [-0.25, -0.2) is 19.3 Å². The van der Waals surface area contributed by atoms with E-state index in [0.717, 1.165) is 29.0 Å². The third-order valence-corrected chi connectivity index (χ3v) is 11.7. The van der Waals surface area contributed by atoms with Gasteiger partial charge in [-0.1, -0.05) is 25.6 Å². The van der Waals surface area contributed by atoms with E-state index in [-0.39, 0.29) is 60.2 Å². The number of carbonyl (C=O) groups excluding carboxylic acids is 3. The summed E-state index contributed by atoms with van der Waals surface area (Å²) in [6.07, 6.45) is -6.76. The van der Waals surface area contributed by atoms with E-state index in [1.165, 1.54) is 13.8 Å². The number of phosphoric ester groups is 3. The molecule has 322 valence electrons. The fourth-order valence-corrected chi connectivity index (χ4v) is 8.35. The van der Waals surface area contributed by atoms with Gasteiger partial charge in [-0.05, 0) is 12.8 Å². The number of nitrogens with one attached hydrogen (secondary N) is 2. The van der Waals surface area contributed by atoms with Gasteiger partial charge in [0.15, 0.2) is 22.8 Å². The Kier molecular flexibility index (Phi) is 17.7. The maximum Gasteiger partial charge on any atom is 0.303 e. The van der Waals surface area contributed by atoms with Crippen molar-refractivity contribution in [3.8, 4) is 0 Å². The summed E-state index contributed by atoms with van der Waals surface area (Å²) in [5, 5.41) is 34.5. The minimum absolute atomic E-state index is 0.0301. The fourth-order valence-electron chi connectivity index (χ4n) is 4.89. The van der Waals surface area contributed by atoms with Crippen LogP contribution in [0.2, 0.25) is 0 Å². The van der Waals surface area contributed by atoms with Crippen molar-refractivity contribution in [1.29, 1.82) is 0 Å². The Morgan fingerprint density at radius 3 is 2.35 bits per heavy atom. The zero-order valence-corrected chi connectivity index (χ0v) is 33.6. The van der Waals surface area contributed by atoms with E-state index < -0.39 is 90.5 Å². The number of thioether (sulfide) groups is 1. The monoisotopic (exact) mass is 891 g/mol. The lowest BCUT2D eigenvalue weighted by atomic mass is 9.87. The Bertz CT molecular complexity index is 1880. The molecule has 0 aliphatic carbocycles. The van der Waals surface area contributed by atoms with E-state index in [2.05, 4.69) is 43.5 Å². The molecular weight excluding hydrogens is 851 g/mol. The minimum Gasteiger partial charge on any atom is -0.790 e. The number of phosphoric acid groups is 3. The zero-order chi connectivity index (χ0) is 42.8. The molecule has 1 aliphatic heterocycles. The Labute approximate surface area is 327 Å². The third kappa shape index (κ3) is 15.6. The SMILES string of the molecule is CC(C)(COP(=O)([O-])OP(=O)([O-])OCC1OC(n2cnc3c(N)ncnc32)C(O)C1OP(=O)([O-])[O-])C(O)C(=O)NCCC(=O)NCCSC(=O)CCCCC(=O)O. The average Bonchev–Trinajstić information content (AvgIpc) is 3.66. The van der Waals surface area contributed by atoms with E-state index in [1.54, 1.807) is 0 Å². The van der Waals surface area contributed by atoms with E-state index in [1.807, 2.05) is 0 Å². The number of unbranched alkanes of at least 4 members (excludes halogenated alkanes) is 1. The standard InChI is InChI=1S/C27H44N7O19P3S/c1-27(2,22(40)25(41)30-8-7-16(35)29-9-10-57-18(38)6-4-3-5-17(36)37)12-50-56(47,48)53-55(45,46)49-11-15-21(52-54(42,43)44)20(39)26(51-15)34-14-33-19-23(28)31-13-32-24(19)34/h13-15,20-22,26,39-40H,3-12H2,1-2H3,(H,29,35)(H,30,41)(H,36,37)(H,45,46)(H,47,48)(H2,28,31,32)(H2,42,43,44)/p-4. The molecule has 7 atom stereocenters. The van der Waals surface area contributed by atoms with Crippen LogP contribution >= 0.6 is 35.2 Å². The highest BCUT2D eigenvalue weighted by atomic mass is 32.2. The number of carboxylic acid groups (broad SMARTS) is 1. The van der Waals surface area contributed by atoms with E-state index >= 15 is 0 Å². The summed E-state index contributed by atoms with van der Waals surface area (Å²) in [4.78, 5) is 106. The van der Waals surface area contributed by atoms with Gasteiger partial charge in [0.25, 0.3) is 15.6 Å². The number of aliphatic carboxylic acids is 1. The number of aliphatic hydroxyl groups is 2. The average molecular weight is 892 g/mol. The number of carboxylic acids is 1. The number of fused-ring (bicyclic) bond motifs is 1. The lowest BCUT2D eigenvalue weighted by Crippen LogP contribution is -2.46. The maximum absolute atomic E-state index is 12.5. The normalized spacial score (nSPS) is 21.4. The van der Waals surface area contributed by atoms with Crippen molar-refractivity contribution in [2.45, 2.75) is 76.6 Å². The minimum atomic E-state index is -5.93. The van der Waals surface area contributed by atoms with Crippen molar-refractivity contribution < 1.29 is 90.4 Å². The van der Waals surface area contributed by atoms with Gasteiger partial charge in [0, 0.05) is 43.5 Å². The van der Waals surface area contributed by atoms with Crippen molar-refractivity contribution in [2.24, 2.45) is 5.41 Å². The highest BCUT2D eigenvalue weighted by Crippen LogP contribution is 2.56. The molecule has 0 spiro atoms. The number of rotatable bonds is 24. The van der Waals surface area contributed by atoms with Crippen molar-refractivity contribution in [3.05, 3.63) is 12.7 Å². The summed E-state index contributed by atoms with van der Waals surface area (Å²) in [5.74, 6) is -2.33. The van der Waals surface area contributed by atoms with Gasteiger partial charge in [0.05, 0.1) is 27.4 Å². The highest BCUT2D eigenvalue weighted by molar-refractivity contribution is 8.13. The molecule has 3 heterocycles. The third-order valence-electron chi connectivity index (χ3n) is 7.76. The van der Waals surface area contributed by atoms with Gasteiger partial charge < -0.3 is 74.1 Å². The molecule has 0 radical (unpaired) electrons. The summed E-state index contributed by atoms with van der Waals surface area (Å²) in [7, 11) is -17.6. The summed E-state index contributed by atoms with van der Waals surface area (Å²) in [6.45, 7) is -0.0811. The highest BCUT2D eigenvalue weighted by Gasteiger charge is 2.47. The first-order valence-electron chi connectivity index (χ1n) is 16.6. The molecule has 2 aromatic rings. The molecule has 30 heteroatoms. The molecule has 57 heavy (non-hydrogen) atoms. The first-order valence-corrected chi connectivity index (χ1v) is 22.0. The number of amides is 2. The van der Waals surface area contributed by atoms with Crippen molar-refractivity contribution in [3.63, 3.8) is 0 Å². The lowest BCUT2D eigenvalue weighted by Gasteiger charge is -2.36. The first-order chi connectivity index (χ1) is 26.4. The van der Waals surface area contributed by atoms with Gasteiger partial charge in [0.1, 0.15) is 36.3 Å². The molecule has 0 aromatic carbocycles. The van der Waals surface area contributed by atoms with Crippen molar-refractivity contribution in [2.75, 3.05) is 37.8 Å². The molecular formula is C27H40N7O19P3S-4. The van der Waals surface area contributed by atoms with Crippen LogP contribution in [0.3, 0.4) is 0 Å². The number of hydrogen-bond acceptors (Lipinski definition) is 23. The van der Waals surface area contributed by atoms with Crippen molar-refractivity contribution >= 4 is 75.1 Å². The number of ether oxygens (including phenoxy) is 1. The van der Waals surface area contributed by atoms with E-state index in [9.17, 15) is 62.7 Å². The predicted molar refractivity (Wildman–Crippen MR) is 184 cm³/mol. The topological polar surface area (TPSA) is 412 Å². The summed E-state index contributed by atoms with van der Waals surface area (Å²) < 4.78 is 60.4. The second-order valence-corrected chi connectivity index (χ2v) is 18.0. The van der Waals surface area contributed by atoms with E-state index in [4.69, 9.17) is 15.6 Å². The van der Waals surface area contributed by atoms with Gasteiger partial charge in [0.2, 0.25) is 11.8 Å². The molecule has 0 saturated carbocycles. The number of hydrogen-bond donors (Lipinski definition) is 6. The van der Waals surface area contributed by atoms with Crippen LogP contribution in [0.1, 0.15) is 52.2 Å². The molecule has 26 nitrogen and oxygen atoms in total. The summed E-state index contributed by atoms with van der Waals surface area (Å²) >= 11 is 0.970. The Hall–Kier alpha value is -2.97. The molecule has 1 aliphatic rings. The van der Waals surface area contributed by atoms with Crippen LogP contribution in [0.15, 0.2) is 12.7 Å². The molecule has 2 amide bonds. The number of nitrogens with zero attached hydrogens (tertiary/aromatic N) is 4. The molecule has 1 fully saturated rings. The van der Waals surface area contributed by atoms with Crippen LogP contribution < -0.4 is 35.9 Å². The molecule has 1 saturated heterocycles. The maximum atomic E-state index is 12.5. The molecule has 3 rings (SSSR count). The Balaban J connectivity index is 1.46. The van der Waals surface area contributed by atoms with Gasteiger partial charge >= 0.3 is 5.97 Å². The van der Waals surface area contributed by atoms with Crippen molar-refractivity contribution in [1.82, 2.24) is 30.2 Å². The molecule has 2 aromatic heterocycles.